The van der Waals surface area contributed by atoms with Crippen molar-refractivity contribution in [2.45, 2.75) is 13.5 Å². The maximum absolute atomic E-state index is 14.3. The molecule has 1 aromatic carbocycles. The highest BCUT2D eigenvalue weighted by Crippen LogP contribution is 2.28. The van der Waals surface area contributed by atoms with Crippen molar-refractivity contribution >= 4 is 22.8 Å². The molecule has 0 aliphatic heterocycles. The lowest BCUT2D eigenvalue weighted by atomic mass is 10.0. The molecular weight excluding hydrogens is 317 g/mol. The molecule has 118 valence electrons. The van der Waals surface area contributed by atoms with Gasteiger partial charge in [-0.05, 0) is 35.9 Å². The van der Waals surface area contributed by atoms with Crippen molar-refractivity contribution in [3.05, 3.63) is 64.3 Å². The molecule has 4 nitrogen and oxygen atoms in total. The molecule has 0 spiro atoms. The lowest BCUT2D eigenvalue weighted by Gasteiger charge is -2.10. The molecule has 0 bridgehead atoms. The minimum absolute atomic E-state index is 0.271. The lowest BCUT2D eigenvalue weighted by Crippen LogP contribution is -2.13. The number of hydrogen-bond acceptors (Lipinski definition) is 3. The number of nitrogens with zero attached hydrogens (tertiary/aromatic N) is 2. The molecule has 2 heterocycles. The van der Waals surface area contributed by atoms with Crippen molar-refractivity contribution in [3.63, 3.8) is 0 Å². The van der Waals surface area contributed by atoms with Gasteiger partial charge in [0.2, 0.25) is 0 Å². The first-order valence-electron chi connectivity index (χ1n) is 7.28. The quantitative estimate of drug-likeness (QED) is 0.798. The lowest BCUT2D eigenvalue weighted by molar-refractivity contribution is 0.594. The first-order chi connectivity index (χ1) is 11.1. The van der Waals surface area contributed by atoms with Gasteiger partial charge in [-0.15, -0.1) is 0 Å². The van der Waals surface area contributed by atoms with Crippen molar-refractivity contribution in [3.8, 4) is 11.1 Å². The van der Waals surface area contributed by atoms with Gasteiger partial charge in [-0.25, -0.2) is 9.37 Å². The van der Waals surface area contributed by atoms with Gasteiger partial charge >= 0.3 is 0 Å². The number of aromatic nitrogens is 2. The summed E-state index contributed by atoms with van der Waals surface area (Å²) in [7, 11) is 0. The van der Waals surface area contributed by atoms with Crippen LogP contribution in [0.1, 0.15) is 12.5 Å². The summed E-state index contributed by atoms with van der Waals surface area (Å²) in [6.07, 6.45) is 1.56. The number of hydrogen-bond donors (Lipinski definition) is 1. The van der Waals surface area contributed by atoms with Crippen molar-refractivity contribution in [2.24, 2.45) is 0 Å². The summed E-state index contributed by atoms with van der Waals surface area (Å²) in [5.74, 6) is -0.271. The van der Waals surface area contributed by atoms with E-state index in [1.807, 2.05) is 13.0 Å². The Balaban J connectivity index is 2.12. The Morgan fingerprint density at radius 1 is 1.26 bits per heavy atom. The highest BCUT2D eigenvalue weighted by Gasteiger charge is 2.10. The van der Waals surface area contributed by atoms with E-state index in [1.54, 1.807) is 24.4 Å². The van der Waals surface area contributed by atoms with Crippen LogP contribution in [0, 0.1) is 5.82 Å². The van der Waals surface area contributed by atoms with E-state index in [0.29, 0.717) is 28.7 Å². The molecule has 0 aliphatic rings. The van der Waals surface area contributed by atoms with Crippen LogP contribution in [0.4, 0.5) is 4.39 Å². The summed E-state index contributed by atoms with van der Waals surface area (Å²) in [4.78, 5) is 15.7. The van der Waals surface area contributed by atoms with Crippen LogP contribution < -0.4 is 10.9 Å². The first-order valence-corrected chi connectivity index (χ1v) is 7.62. The molecule has 0 saturated carbocycles. The van der Waals surface area contributed by atoms with Gasteiger partial charge in [0.25, 0.3) is 5.56 Å². The Kier molecular flexibility index (Phi) is 4.41. The van der Waals surface area contributed by atoms with Gasteiger partial charge in [0.15, 0.2) is 5.65 Å². The molecule has 0 unspecified atom stereocenters. The van der Waals surface area contributed by atoms with Crippen LogP contribution in [0.3, 0.4) is 0 Å². The third kappa shape index (κ3) is 2.98. The van der Waals surface area contributed by atoms with E-state index in [-0.39, 0.29) is 11.4 Å². The highest BCUT2D eigenvalue weighted by molar-refractivity contribution is 6.18. The maximum Gasteiger partial charge on any atom is 0.266 e. The van der Waals surface area contributed by atoms with Gasteiger partial charge < -0.3 is 5.32 Å². The standard InChI is InChI=1S/C17H15ClFN3O/c1-2-20-10-12-4-3-11(9-15(12)19)13-7-8-21-17-14(13)5-6-16(23)22(17)18/h3-9,20H,2,10H2,1H3. The zero-order valence-electron chi connectivity index (χ0n) is 12.5. The van der Waals surface area contributed by atoms with Crippen LogP contribution in [0.2, 0.25) is 0 Å². The predicted octanol–water partition coefficient (Wildman–Crippen LogP) is 3.31. The van der Waals surface area contributed by atoms with Crippen LogP contribution in [0.25, 0.3) is 22.2 Å². The first kappa shape index (κ1) is 15.6. The van der Waals surface area contributed by atoms with Gasteiger partial charge in [-0.2, -0.15) is 4.09 Å². The van der Waals surface area contributed by atoms with Crippen molar-refractivity contribution in [1.29, 1.82) is 0 Å². The predicted molar refractivity (Wildman–Crippen MR) is 90.0 cm³/mol. The SMILES string of the molecule is CCNCc1ccc(-c2ccnc3c2ccc(=O)n3Cl)cc1F. The van der Waals surface area contributed by atoms with Crippen LogP contribution in [0.5, 0.6) is 0 Å². The topological polar surface area (TPSA) is 46.9 Å². The highest BCUT2D eigenvalue weighted by atomic mass is 35.5. The third-order valence-electron chi connectivity index (χ3n) is 3.67. The zero-order valence-corrected chi connectivity index (χ0v) is 13.3. The minimum atomic E-state index is -0.351. The second-order valence-electron chi connectivity index (χ2n) is 5.13. The Bertz CT molecular complexity index is 923. The van der Waals surface area contributed by atoms with Gasteiger partial charge in [0, 0.05) is 41.5 Å². The van der Waals surface area contributed by atoms with E-state index in [0.717, 1.165) is 16.2 Å². The molecule has 0 amide bonds. The Labute approximate surface area is 137 Å². The molecule has 3 aromatic rings. The number of benzene rings is 1. The second-order valence-corrected chi connectivity index (χ2v) is 5.47. The van der Waals surface area contributed by atoms with Gasteiger partial charge in [0.1, 0.15) is 5.82 Å². The van der Waals surface area contributed by atoms with Crippen LogP contribution in [-0.2, 0) is 6.54 Å². The van der Waals surface area contributed by atoms with Gasteiger partial charge in [-0.3, -0.25) is 4.79 Å². The number of fused-ring (bicyclic) bond motifs is 1. The summed E-state index contributed by atoms with van der Waals surface area (Å²) >= 11 is 5.96. The van der Waals surface area contributed by atoms with Crippen LogP contribution >= 0.6 is 11.8 Å². The van der Waals surface area contributed by atoms with E-state index < -0.39 is 0 Å². The second kappa shape index (κ2) is 6.48. The fraction of sp³-hybridized carbons (Fsp3) is 0.176. The molecule has 0 fully saturated rings. The average Bonchev–Trinajstić information content (AvgIpc) is 2.57. The summed E-state index contributed by atoms with van der Waals surface area (Å²) in [5, 5.41) is 3.80. The van der Waals surface area contributed by atoms with E-state index in [4.69, 9.17) is 11.8 Å². The van der Waals surface area contributed by atoms with Gasteiger partial charge in [-0.1, -0.05) is 19.1 Å². The Morgan fingerprint density at radius 2 is 2.09 bits per heavy atom. The summed E-state index contributed by atoms with van der Waals surface area (Å²) < 4.78 is 15.2. The van der Waals surface area contributed by atoms with Crippen LogP contribution in [0.15, 0.2) is 47.4 Å². The Morgan fingerprint density at radius 3 is 2.83 bits per heavy atom. The third-order valence-corrected chi connectivity index (χ3v) is 4.00. The molecule has 0 aliphatic carbocycles. The number of rotatable bonds is 4. The van der Waals surface area contributed by atoms with Crippen molar-refractivity contribution < 1.29 is 4.39 Å². The molecule has 2 aromatic heterocycles. The molecule has 0 atom stereocenters. The molecule has 3 rings (SSSR count). The smallest absolute Gasteiger partial charge is 0.266 e. The summed E-state index contributed by atoms with van der Waals surface area (Å²) in [6.45, 7) is 3.24. The van der Waals surface area contributed by atoms with Gasteiger partial charge in [0.05, 0.1) is 0 Å². The summed E-state index contributed by atoms with van der Waals surface area (Å²) in [6, 6.07) is 9.91. The van der Waals surface area contributed by atoms with E-state index in [9.17, 15) is 9.18 Å². The fourth-order valence-electron chi connectivity index (χ4n) is 2.48. The number of halogens is 2. The number of pyridine rings is 2. The average molecular weight is 332 g/mol. The summed E-state index contributed by atoms with van der Waals surface area (Å²) in [5.41, 5.74) is 2.11. The fourth-order valence-corrected chi connectivity index (χ4v) is 2.67. The van der Waals surface area contributed by atoms with E-state index in [1.165, 1.54) is 12.1 Å². The minimum Gasteiger partial charge on any atom is -0.313 e. The van der Waals surface area contributed by atoms with Crippen molar-refractivity contribution in [1.82, 2.24) is 14.4 Å². The molecule has 0 radical (unpaired) electrons. The molecular formula is C17H15ClFN3O. The van der Waals surface area contributed by atoms with Crippen molar-refractivity contribution in [2.75, 3.05) is 6.54 Å². The van der Waals surface area contributed by atoms with E-state index in [2.05, 4.69) is 10.3 Å². The van der Waals surface area contributed by atoms with Crippen LogP contribution in [-0.4, -0.2) is 15.6 Å². The zero-order chi connectivity index (χ0) is 16.4. The number of nitrogens with one attached hydrogen (secondary N) is 1. The molecule has 0 saturated heterocycles. The normalized spacial score (nSPS) is 11.1. The molecule has 23 heavy (non-hydrogen) atoms. The molecule has 6 heteroatoms. The monoisotopic (exact) mass is 331 g/mol. The molecule has 1 N–H and O–H groups in total. The maximum atomic E-state index is 14.3. The largest absolute Gasteiger partial charge is 0.313 e. The Hall–Kier alpha value is -2.24. The van der Waals surface area contributed by atoms with E-state index >= 15 is 0 Å².